The molecule has 2 rings (SSSR count). The first kappa shape index (κ1) is 17.0. The Morgan fingerprint density at radius 1 is 1.40 bits per heavy atom. The molecular weight excluding hydrogens is 272 g/mol. The molecule has 1 aliphatic rings. The van der Waals surface area contributed by atoms with E-state index in [0.29, 0.717) is 6.42 Å². The minimum Gasteiger partial charge on any atom is -0.327 e. The van der Waals surface area contributed by atoms with Gasteiger partial charge in [-0.25, -0.2) is 0 Å². The number of amides is 1. The molecule has 1 unspecified atom stereocenters. The van der Waals surface area contributed by atoms with Crippen molar-refractivity contribution in [2.24, 2.45) is 5.73 Å². The second-order valence-electron chi connectivity index (χ2n) is 6.57. The molecule has 1 aromatic carbocycles. The number of rotatable bonds is 2. The normalized spacial score (nSPS) is 15.6. The van der Waals surface area contributed by atoms with Gasteiger partial charge < -0.3 is 10.6 Å². The summed E-state index contributed by atoms with van der Waals surface area (Å²) in [4.78, 5) is 14.0. The smallest absolute Gasteiger partial charge is 0.228 e. The summed E-state index contributed by atoms with van der Waals surface area (Å²) in [5.74, 6) is 0.136. The van der Waals surface area contributed by atoms with Crippen LogP contribution in [0.15, 0.2) is 18.2 Å². The third kappa shape index (κ3) is 3.53. The molecule has 0 saturated carbocycles. The van der Waals surface area contributed by atoms with Gasteiger partial charge in [0.2, 0.25) is 5.91 Å². The Morgan fingerprint density at radius 2 is 2.05 bits per heavy atom. The van der Waals surface area contributed by atoms with Crippen molar-refractivity contribution in [3.05, 3.63) is 29.3 Å². The number of nitrogens with two attached hydrogens (primary N) is 1. The van der Waals surface area contributed by atoms with Gasteiger partial charge in [0.25, 0.3) is 0 Å². The van der Waals surface area contributed by atoms with E-state index in [9.17, 15) is 4.79 Å². The number of hydrogen-bond acceptors (Lipinski definition) is 2. The molecule has 0 fully saturated rings. The Bertz CT molecular complexity index is 492. The Morgan fingerprint density at radius 3 is 2.60 bits per heavy atom. The molecule has 4 heteroatoms. The van der Waals surface area contributed by atoms with Crippen LogP contribution in [0.2, 0.25) is 0 Å². The van der Waals surface area contributed by atoms with Gasteiger partial charge in [0.15, 0.2) is 0 Å². The van der Waals surface area contributed by atoms with Crippen LogP contribution in [0.3, 0.4) is 0 Å². The maximum absolute atomic E-state index is 12.1. The fraction of sp³-hybridized carbons (Fsp3) is 0.562. The second-order valence-corrected chi connectivity index (χ2v) is 6.57. The number of nitrogens with zero attached hydrogens (tertiary/aromatic N) is 1. The average molecular weight is 297 g/mol. The molecule has 0 aromatic heterocycles. The monoisotopic (exact) mass is 296 g/mol. The van der Waals surface area contributed by atoms with Crippen LogP contribution < -0.4 is 10.6 Å². The molecule has 1 heterocycles. The number of carbonyl (C=O) groups is 1. The third-order valence-electron chi connectivity index (χ3n) is 3.64. The molecule has 20 heavy (non-hydrogen) atoms. The minimum atomic E-state index is -0.0783. The zero-order chi connectivity index (χ0) is 14.2. The van der Waals surface area contributed by atoms with Gasteiger partial charge in [-0.3, -0.25) is 4.79 Å². The van der Waals surface area contributed by atoms with Crippen LogP contribution in [0.5, 0.6) is 0 Å². The second kappa shape index (κ2) is 6.15. The zero-order valence-electron chi connectivity index (χ0n) is 12.8. The topological polar surface area (TPSA) is 46.3 Å². The highest BCUT2D eigenvalue weighted by Crippen LogP contribution is 2.33. The predicted molar refractivity (Wildman–Crippen MR) is 86.7 cm³/mol. The van der Waals surface area contributed by atoms with E-state index in [2.05, 4.69) is 39.0 Å². The molecule has 112 valence electrons. The van der Waals surface area contributed by atoms with Crippen LogP contribution in [-0.4, -0.2) is 18.5 Å². The van der Waals surface area contributed by atoms with Crippen molar-refractivity contribution in [1.29, 1.82) is 0 Å². The number of anilines is 1. The first-order valence-corrected chi connectivity index (χ1v) is 6.98. The molecule has 0 radical (unpaired) electrons. The van der Waals surface area contributed by atoms with Gasteiger partial charge in [0, 0.05) is 24.7 Å². The Labute approximate surface area is 127 Å². The van der Waals surface area contributed by atoms with Crippen LogP contribution in [0, 0.1) is 0 Å². The number of hydrogen-bond donors (Lipinski definition) is 1. The van der Waals surface area contributed by atoms with Gasteiger partial charge in [-0.2, -0.15) is 0 Å². The molecule has 0 saturated heterocycles. The van der Waals surface area contributed by atoms with Gasteiger partial charge in [0.05, 0.1) is 0 Å². The zero-order valence-corrected chi connectivity index (χ0v) is 13.6. The first-order chi connectivity index (χ1) is 8.79. The lowest BCUT2D eigenvalue weighted by Crippen LogP contribution is -2.33. The van der Waals surface area contributed by atoms with Crippen LogP contribution in [0.25, 0.3) is 0 Å². The van der Waals surface area contributed by atoms with Crippen molar-refractivity contribution >= 4 is 24.0 Å². The van der Waals surface area contributed by atoms with Crippen LogP contribution in [0.1, 0.15) is 45.2 Å². The summed E-state index contributed by atoms with van der Waals surface area (Å²) in [6.45, 7) is 9.29. The van der Waals surface area contributed by atoms with Gasteiger partial charge >= 0.3 is 0 Å². The summed E-state index contributed by atoms with van der Waals surface area (Å²) in [7, 11) is 0. The SMILES string of the molecule is CC(N)CC(=O)N1CCc2cc(C(C)(C)C)ccc21.Cl. The van der Waals surface area contributed by atoms with E-state index in [0.717, 1.165) is 18.7 Å². The molecule has 0 spiro atoms. The molecule has 1 atom stereocenters. The summed E-state index contributed by atoms with van der Waals surface area (Å²) in [6.07, 6.45) is 1.37. The van der Waals surface area contributed by atoms with E-state index in [4.69, 9.17) is 5.73 Å². The predicted octanol–water partition coefficient (Wildman–Crippen LogP) is 3.03. The van der Waals surface area contributed by atoms with Gasteiger partial charge in [-0.15, -0.1) is 12.4 Å². The van der Waals surface area contributed by atoms with Crippen LogP contribution in [-0.2, 0) is 16.6 Å². The molecule has 1 amide bonds. The van der Waals surface area contributed by atoms with E-state index < -0.39 is 0 Å². The fourth-order valence-electron chi connectivity index (χ4n) is 2.51. The average Bonchev–Trinajstić information content (AvgIpc) is 2.69. The summed E-state index contributed by atoms with van der Waals surface area (Å²) >= 11 is 0. The Balaban J connectivity index is 0.00000200. The molecule has 3 nitrogen and oxygen atoms in total. The molecule has 1 aliphatic heterocycles. The van der Waals surface area contributed by atoms with Crippen molar-refractivity contribution < 1.29 is 4.79 Å². The maximum atomic E-state index is 12.1. The lowest BCUT2D eigenvalue weighted by molar-refractivity contribution is -0.118. The molecule has 2 N–H and O–H groups in total. The Kier molecular flexibility index (Phi) is 5.22. The lowest BCUT2D eigenvalue weighted by atomic mass is 9.86. The molecular formula is C16H25ClN2O. The highest BCUT2D eigenvalue weighted by Gasteiger charge is 2.26. The molecule has 0 aliphatic carbocycles. The number of halogens is 1. The summed E-state index contributed by atoms with van der Waals surface area (Å²) in [5.41, 5.74) is 9.54. The van der Waals surface area contributed by atoms with Crippen LogP contribution >= 0.6 is 12.4 Å². The highest BCUT2D eigenvalue weighted by molar-refractivity contribution is 5.95. The maximum Gasteiger partial charge on any atom is 0.228 e. The van der Waals surface area contributed by atoms with Crippen molar-refractivity contribution in [3.8, 4) is 0 Å². The fourth-order valence-corrected chi connectivity index (χ4v) is 2.51. The van der Waals surface area contributed by atoms with E-state index in [1.54, 1.807) is 0 Å². The summed E-state index contributed by atoms with van der Waals surface area (Å²) < 4.78 is 0. The lowest BCUT2D eigenvalue weighted by Gasteiger charge is -2.22. The Hall–Kier alpha value is -1.06. The van der Waals surface area contributed by atoms with E-state index in [-0.39, 0.29) is 29.8 Å². The van der Waals surface area contributed by atoms with Crippen molar-refractivity contribution in [2.75, 3.05) is 11.4 Å². The van der Waals surface area contributed by atoms with E-state index in [1.807, 2.05) is 11.8 Å². The van der Waals surface area contributed by atoms with Gasteiger partial charge in [0.1, 0.15) is 0 Å². The first-order valence-electron chi connectivity index (χ1n) is 6.98. The minimum absolute atomic E-state index is 0. The van der Waals surface area contributed by atoms with E-state index in [1.165, 1.54) is 11.1 Å². The van der Waals surface area contributed by atoms with Crippen molar-refractivity contribution in [3.63, 3.8) is 0 Å². The third-order valence-corrected chi connectivity index (χ3v) is 3.64. The number of carbonyl (C=O) groups excluding carboxylic acids is 1. The summed E-state index contributed by atoms with van der Waals surface area (Å²) in [5, 5.41) is 0. The summed E-state index contributed by atoms with van der Waals surface area (Å²) in [6, 6.07) is 6.39. The van der Waals surface area contributed by atoms with Crippen molar-refractivity contribution in [1.82, 2.24) is 0 Å². The number of benzene rings is 1. The van der Waals surface area contributed by atoms with Gasteiger partial charge in [-0.05, 0) is 36.0 Å². The van der Waals surface area contributed by atoms with Gasteiger partial charge in [-0.1, -0.05) is 32.9 Å². The molecule has 0 bridgehead atoms. The van der Waals surface area contributed by atoms with Crippen LogP contribution in [0.4, 0.5) is 5.69 Å². The van der Waals surface area contributed by atoms with Crippen molar-refractivity contribution in [2.45, 2.75) is 52.0 Å². The highest BCUT2D eigenvalue weighted by atomic mass is 35.5. The number of fused-ring (bicyclic) bond motifs is 1. The largest absolute Gasteiger partial charge is 0.327 e. The van der Waals surface area contributed by atoms with E-state index >= 15 is 0 Å². The quantitative estimate of drug-likeness (QED) is 0.912. The standard InChI is InChI=1S/C16H24N2O.ClH/c1-11(17)9-15(19)18-8-7-12-10-13(16(2,3)4)5-6-14(12)18;/h5-6,10-11H,7-9,17H2,1-4H3;1H. The molecule has 1 aromatic rings.